The molecule has 1 N–H and O–H groups in total. The quantitative estimate of drug-likeness (QED) is 0.901. The Kier molecular flexibility index (Phi) is 4.40. The number of hydrogen-bond donors (Lipinski definition) is 1. The summed E-state index contributed by atoms with van der Waals surface area (Å²) in [4.78, 5) is 2.33. The van der Waals surface area contributed by atoms with E-state index in [1.807, 2.05) is 18.2 Å². The van der Waals surface area contributed by atoms with Crippen molar-refractivity contribution < 1.29 is 5.21 Å². The molecule has 0 aliphatic carbocycles. The van der Waals surface area contributed by atoms with Crippen LogP contribution in [0.15, 0.2) is 59.1 Å². The van der Waals surface area contributed by atoms with Gasteiger partial charge in [-0.2, -0.15) is 5.06 Å². The van der Waals surface area contributed by atoms with Crippen molar-refractivity contribution in [2.75, 3.05) is 13.1 Å². The maximum absolute atomic E-state index is 10.3. The molecular weight excluding hydrogens is 328 g/mol. The molecule has 1 fully saturated rings. The highest BCUT2D eigenvalue weighted by Gasteiger charge is 2.35. The van der Waals surface area contributed by atoms with E-state index in [0.717, 1.165) is 16.6 Å². The molecule has 2 aromatic rings. The Morgan fingerprint density at radius 1 is 1.10 bits per heavy atom. The molecule has 110 valence electrons. The lowest BCUT2D eigenvalue weighted by atomic mass is 10.1. The maximum atomic E-state index is 10.3. The van der Waals surface area contributed by atoms with E-state index in [4.69, 9.17) is 0 Å². The molecule has 2 atom stereocenters. The van der Waals surface area contributed by atoms with E-state index in [-0.39, 0.29) is 12.2 Å². The molecule has 1 unspecified atom stereocenters. The minimum atomic E-state index is -0.0993. The van der Waals surface area contributed by atoms with Crippen molar-refractivity contribution >= 4 is 15.9 Å². The summed E-state index contributed by atoms with van der Waals surface area (Å²) in [6.07, 6.45) is -0.0993. The average Bonchev–Trinajstić information content (AvgIpc) is 2.89. The highest BCUT2D eigenvalue weighted by Crippen LogP contribution is 2.36. The maximum Gasteiger partial charge on any atom is 0.113 e. The van der Waals surface area contributed by atoms with Gasteiger partial charge in [-0.15, -0.1) is 0 Å². The summed E-state index contributed by atoms with van der Waals surface area (Å²) in [7, 11) is 0. The van der Waals surface area contributed by atoms with E-state index < -0.39 is 0 Å². The zero-order valence-corrected chi connectivity index (χ0v) is 13.6. The molecule has 0 aromatic heterocycles. The van der Waals surface area contributed by atoms with Crippen molar-refractivity contribution in [2.24, 2.45) is 0 Å². The number of hydroxylamine groups is 2. The van der Waals surface area contributed by atoms with E-state index in [2.05, 4.69) is 64.2 Å². The minimum Gasteiger partial charge on any atom is -0.312 e. The van der Waals surface area contributed by atoms with Gasteiger partial charge in [0.2, 0.25) is 0 Å². The number of rotatable bonds is 3. The second kappa shape index (κ2) is 6.28. The lowest BCUT2D eigenvalue weighted by Gasteiger charge is -2.32. The lowest BCUT2D eigenvalue weighted by Crippen LogP contribution is -2.31. The summed E-state index contributed by atoms with van der Waals surface area (Å²) >= 11 is 3.51. The van der Waals surface area contributed by atoms with Gasteiger partial charge in [-0.05, 0) is 30.2 Å². The first-order chi connectivity index (χ1) is 10.2. The van der Waals surface area contributed by atoms with Crippen LogP contribution >= 0.6 is 15.9 Å². The normalized spacial score (nSPS) is 21.6. The highest BCUT2D eigenvalue weighted by molar-refractivity contribution is 9.10. The molecule has 2 aromatic carbocycles. The van der Waals surface area contributed by atoms with Gasteiger partial charge in [0.15, 0.2) is 0 Å². The molecule has 21 heavy (non-hydrogen) atoms. The van der Waals surface area contributed by atoms with Gasteiger partial charge < -0.3 is 5.21 Å². The first-order valence-electron chi connectivity index (χ1n) is 7.18. The van der Waals surface area contributed by atoms with E-state index >= 15 is 0 Å². The Hall–Kier alpha value is -1.20. The standard InChI is InChI=1S/C17H19BrN2O/c1-13(14-6-3-2-4-7-14)19-10-11-20(21)17(19)15-8-5-9-16(18)12-15/h2-9,12-13,17,21H,10-11H2,1H3/t13-,17?/m0/s1. The van der Waals surface area contributed by atoms with Crippen LogP contribution in [0.25, 0.3) is 0 Å². The van der Waals surface area contributed by atoms with Crippen molar-refractivity contribution in [3.8, 4) is 0 Å². The second-order valence-corrected chi connectivity index (χ2v) is 6.33. The van der Waals surface area contributed by atoms with Gasteiger partial charge in [0.05, 0.1) is 0 Å². The van der Waals surface area contributed by atoms with Crippen molar-refractivity contribution in [3.63, 3.8) is 0 Å². The summed E-state index contributed by atoms with van der Waals surface area (Å²) in [5, 5.41) is 11.7. The summed E-state index contributed by atoms with van der Waals surface area (Å²) < 4.78 is 1.03. The van der Waals surface area contributed by atoms with E-state index in [1.165, 1.54) is 10.6 Å². The number of benzene rings is 2. The third-order valence-corrected chi connectivity index (χ3v) is 4.60. The second-order valence-electron chi connectivity index (χ2n) is 5.42. The Morgan fingerprint density at radius 2 is 1.86 bits per heavy atom. The Labute approximate surface area is 133 Å². The van der Waals surface area contributed by atoms with Crippen LogP contribution in [0, 0.1) is 0 Å². The van der Waals surface area contributed by atoms with Gasteiger partial charge in [0, 0.05) is 23.6 Å². The third-order valence-electron chi connectivity index (χ3n) is 4.11. The predicted molar refractivity (Wildman–Crippen MR) is 86.9 cm³/mol. The topological polar surface area (TPSA) is 26.7 Å². The van der Waals surface area contributed by atoms with Crippen molar-refractivity contribution in [1.29, 1.82) is 0 Å². The first kappa shape index (κ1) is 14.7. The fourth-order valence-electron chi connectivity index (χ4n) is 2.99. The SMILES string of the molecule is C[C@@H](c1ccccc1)N1CCN(O)C1c1cccc(Br)c1. The zero-order chi connectivity index (χ0) is 14.8. The summed E-state index contributed by atoms with van der Waals surface area (Å²) in [5.74, 6) is 0. The molecule has 0 radical (unpaired) electrons. The molecule has 0 spiro atoms. The summed E-state index contributed by atoms with van der Waals surface area (Å²) in [6, 6.07) is 18.8. The van der Waals surface area contributed by atoms with Gasteiger partial charge in [-0.3, -0.25) is 4.90 Å². The summed E-state index contributed by atoms with van der Waals surface area (Å²) in [6.45, 7) is 3.71. The smallest absolute Gasteiger partial charge is 0.113 e. The van der Waals surface area contributed by atoms with Crippen LogP contribution in [0.4, 0.5) is 0 Å². The third kappa shape index (κ3) is 3.04. The molecule has 0 amide bonds. The van der Waals surface area contributed by atoms with Gasteiger partial charge >= 0.3 is 0 Å². The average molecular weight is 347 g/mol. The number of hydrogen-bond acceptors (Lipinski definition) is 3. The van der Waals surface area contributed by atoms with Crippen LogP contribution in [0.1, 0.15) is 30.3 Å². The van der Waals surface area contributed by atoms with E-state index in [1.54, 1.807) is 0 Å². The Bertz CT molecular complexity index is 605. The minimum absolute atomic E-state index is 0.0993. The summed E-state index contributed by atoms with van der Waals surface area (Å²) in [5.41, 5.74) is 2.37. The first-order valence-corrected chi connectivity index (χ1v) is 7.98. The molecule has 1 aliphatic heterocycles. The molecule has 3 nitrogen and oxygen atoms in total. The predicted octanol–water partition coefficient (Wildman–Crippen LogP) is 4.22. The largest absolute Gasteiger partial charge is 0.312 e. The molecule has 1 aliphatic rings. The molecule has 1 saturated heterocycles. The fourth-order valence-corrected chi connectivity index (χ4v) is 3.41. The van der Waals surface area contributed by atoms with Crippen LogP contribution in [0.2, 0.25) is 0 Å². The molecule has 3 rings (SSSR count). The van der Waals surface area contributed by atoms with Crippen LogP contribution in [0.3, 0.4) is 0 Å². The molecule has 4 heteroatoms. The van der Waals surface area contributed by atoms with Crippen molar-refractivity contribution in [3.05, 3.63) is 70.2 Å². The van der Waals surface area contributed by atoms with Gasteiger partial charge in [-0.1, -0.05) is 58.4 Å². The molecule has 0 bridgehead atoms. The van der Waals surface area contributed by atoms with E-state index in [9.17, 15) is 5.21 Å². The number of halogens is 1. The zero-order valence-electron chi connectivity index (χ0n) is 12.0. The highest BCUT2D eigenvalue weighted by atomic mass is 79.9. The van der Waals surface area contributed by atoms with Crippen LogP contribution in [0.5, 0.6) is 0 Å². The molecule has 0 saturated carbocycles. The van der Waals surface area contributed by atoms with Gasteiger partial charge in [-0.25, -0.2) is 0 Å². The Balaban J connectivity index is 1.91. The van der Waals surface area contributed by atoms with E-state index in [0.29, 0.717) is 6.54 Å². The van der Waals surface area contributed by atoms with Crippen molar-refractivity contribution in [1.82, 2.24) is 9.96 Å². The fraction of sp³-hybridized carbons (Fsp3) is 0.294. The van der Waals surface area contributed by atoms with Gasteiger partial charge in [0.1, 0.15) is 6.17 Å². The van der Waals surface area contributed by atoms with Crippen LogP contribution in [-0.2, 0) is 0 Å². The van der Waals surface area contributed by atoms with Crippen molar-refractivity contribution in [2.45, 2.75) is 19.1 Å². The molecule has 1 heterocycles. The Morgan fingerprint density at radius 3 is 2.57 bits per heavy atom. The van der Waals surface area contributed by atoms with Crippen LogP contribution < -0.4 is 0 Å². The lowest BCUT2D eigenvalue weighted by molar-refractivity contribution is -0.132. The monoisotopic (exact) mass is 346 g/mol. The van der Waals surface area contributed by atoms with Gasteiger partial charge in [0.25, 0.3) is 0 Å². The van der Waals surface area contributed by atoms with Crippen LogP contribution in [-0.4, -0.2) is 28.3 Å². The number of nitrogens with zero attached hydrogens (tertiary/aromatic N) is 2. The molecular formula is C17H19BrN2O.